The normalized spacial score (nSPS) is 10.3. The van der Waals surface area contributed by atoms with Crippen molar-refractivity contribution < 1.29 is 19.8 Å². The first-order valence-corrected chi connectivity index (χ1v) is 5.65. The lowest BCUT2D eigenvalue weighted by atomic mass is 10.2. The number of anilines is 1. The first-order valence-electron chi connectivity index (χ1n) is 5.65. The Bertz CT molecular complexity index is 445. The average Bonchev–Trinajstić information content (AvgIpc) is 2.35. The zero-order valence-electron chi connectivity index (χ0n) is 10.8. The summed E-state index contributed by atoms with van der Waals surface area (Å²) in [4.78, 5) is 24.0. The van der Waals surface area contributed by atoms with Gasteiger partial charge in [0.05, 0.1) is 18.7 Å². The molecule has 1 rings (SSSR count). The second-order valence-electron chi connectivity index (χ2n) is 4.04. The SMILES string of the molecule is CN(C)NC(=O)N(CCO)c1ccc(C(=O)O)cc1. The molecule has 0 aliphatic rings. The Labute approximate surface area is 111 Å². The number of nitrogens with zero attached hydrogens (tertiary/aromatic N) is 2. The minimum Gasteiger partial charge on any atom is -0.478 e. The highest BCUT2D eigenvalue weighted by molar-refractivity contribution is 5.93. The molecule has 0 spiro atoms. The molecule has 7 heteroatoms. The third-order valence-electron chi connectivity index (χ3n) is 2.31. The van der Waals surface area contributed by atoms with E-state index in [4.69, 9.17) is 10.2 Å². The molecule has 2 amide bonds. The summed E-state index contributed by atoms with van der Waals surface area (Å²) in [5.74, 6) is -1.03. The fourth-order valence-electron chi connectivity index (χ4n) is 1.48. The van der Waals surface area contributed by atoms with Crippen molar-refractivity contribution in [3.63, 3.8) is 0 Å². The number of nitrogens with one attached hydrogen (secondary N) is 1. The lowest BCUT2D eigenvalue weighted by molar-refractivity contribution is 0.0697. The van der Waals surface area contributed by atoms with Gasteiger partial charge < -0.3 is 10.2 Å². The molecule has 0 unspecified atom stereocenters. The molecule has 0 saturated carbocycles. The molecule has 0 fully saturated rings. The van der Waals surface area contributed by atoms with Gasteiger partial charge in [0.25, 0.3) is 0 Å². The van der Waals surface area contributed by atoms with Gasteiger partial charge in [-0.25, -0.2) is 14.6 Å². The molecule has 7 nitrogen and oxygen atoms in total. The fourth-order valence-corrected chi connectivity index (χ4v) is 1.48. The number of aromatic carboxylic acids is 1. The van der Waals surface area contributed by atoms with Crippen LogP contribution in [0.3, 0.4) is 0 Å². The van der Waals surface area contributed by atoms with Crippen LogP contribution >= 0.6 is 0 Å². The standard InChI is InChI=1S/C12H17N3O4/c1-14(2)13-12(19)15(7-8-16)10-5-3-9(4-6-10)11(17)18/h3-6,16H,7-8H2,1-2H3,(H,13,19)(H,17,18). The number of urea groups is 1. The molecule has 0 aliphatic heterocycles. The Morgan fingerprint density at radius 2 is 1.79 bits per heavy atom. The van der Waals surface area contributed by atoms with Gasteiger partial charge in [0.15, 0.2) is 0 Å². The molecule has 1 aromatic carbocycles. The quantitative estimate of drug-likeness (QED) is 0.670. The van der Waals surface area contributed by atoms with Crippen molar-refractivity contribution in [1.29, 1.82) is 0 Å². The summed E-state index contributed by atoms with van der Waals surface area (Å²) in [5.41, 5.74) is 3.21. The highest BCUT2D eigenvalue weighted by Crippen LogP contribution is 2.15. The number of hydrogen-bond acceptors (Lipinski definition) is 4. The maximum Gasteiger partial charge on any atom is 0.336 e. The number of hydrogen-bond donors (Lipinski definition) is 3. The predicted molar refractivity (Wildman–Crippen MR) is 70.1 cm³/mol. The molecular weight excluding hydrogens is 250 g/mol. The largest absolute Gasteiger partial charge is 0.478 e. The van der Waals surface area contributed by atoms with Gasteiger partial charge in [-0.3, -0.25) is 10.3 Å². The van der Waals surface area contributed by atoms with E-state index >= 15 is 0 Å². The summed E-state index contributed by atoms with van der Waals surface area (Å²) < 4.78 is 0. The topological polar surface area (TPSA) is 93.1 Å². The lowest BCUT2D eigenvalue weighted by Crippen LogP contribution is -2.47. The van der Waals surface area contributed by atoms with E-state index in [9.17, 15) is 9.59 Å². The molecule has 0 aromatic heterocycles. The van der Waals surface area contributed by atoms with Crippen LogP contribution < -0.4 is 10.3 Å². The number of carbonyl (C=O) groups is 2. The molecular formula is C12H17N3O4. The van der Waals surface area contributed by atoms with Gasteiger partial charge in [0, 0.05) is 19.8 Å². The first-order chi connectivity index (χ1) is 8.95. The third-order valence-corrected chi connectivity index (χ3v) is 2.31. The van der Waals surface area contributed by atoms with Crippen LogP contribution in [0.4, 0.5) is 10.5 Å². The Kier molecular flexibility index (Phi) is 5.28. The maximum absolute atomic E-state index is 11.9. The van der Waals surface area contributed by atoms with Gasteiger partial charge in [-0.1, -0.05) is 0 Å². The second kappa shape index (κ2) is 6.72. The van der Waals surface area contributed by atoms with Crippen LogP contribution in [0.1, 0.15) is 10.4 Å². The molecule has 0 aliphatic carbocycles. The van der Waals surface area contributed by atoms with Gasteiger partial charge in [0.2, 0.25) is 0 Å². The summed E-state index contributed by atoms with van der Waals surface area (Å²) in [6.07, 6.45) is 0. The van der Waals surface area contributed by atoms with Gasteiger partial charge in [-0.15, -0.1) is 0 Å². The first kappa shape index (κ1) is 14.9. The molecule has 0 radical (unpaired) electrons. The van der Waals surface area contributed by atoms with Crippen LogP contribution in [0.25, 0.3) is 0 Å². The monoisotopic (exact) mass is 267 g/mol. The zero-order valence-corrected chi connectivity index (χ0v) is 10.8. The molecule has 0 atom stereocenters. The number of rotatable bonds is 5. The molecule has 0 saturated heterocycles. The molecule has 104 valence electrons. The number of carbonyl (C=O) groups excluding carboxylic acids is 1. The smallest absolute Gasteiger partial charge is 0.336 e. The number of hydrazine groups is 1. The maximum atomic E-state index is 11.9. The van der Waals surface area contributed by atoms with Crippen LogP contribution in [0.15, 0.2) is 24.3 Å². The number of aliphatic hydroxyl groups is 1. The highest BCUT2D eigenvalue weighted by Gasteiger charge is 2.16. The average molecular weight is 267 g/mol. The zero-order chi connectivity index (χ0) is 14.4. The van der Waals surface area contributed by atoms with Gasteiger partial charge in [0.1, 0.15) is 0 Å². The van der Waals surface area contributed by atoms with Crippen molar-refractivity contribution >= 4 is 17.7 Å². The molecule has 0 bridgehead atoms. The van der Waals surface area contributed by atoms with Crippen LogP contribution in [0.5, 0.6) is 0 Å². The van der Waals surface area contributed by atoms with E-state index in [0.717, 1.165) is 0 Å². The second-order valence-corrected chi connectivity index (χ2v) is 4.04. The predicted octanol–water partition coefficient (Wildman–Crippen LogP) is 0.370. The Balaban J connectivity index is 2.92. The van der Waals surface area contributed by atoms with Crippen LogP contribution in [0.2, 0.25) is 0 Å². The minimum atomic E-state index is -1.03. The molecule has 1 aromatic rings. The summed E-state index contributed by atoms with van der Waals surface area (Å²) in [7, 11) is 3.34. The van der Waals surface area contributed by atoms with Crippen molar-refractivity contribution in [2.45, 2.75) is 0 Å². The Morgan fingerprint density at radius 1 is 1.21 bits per heavy atom. The van der Waals surface area contributed by atoms with Gasteiger partial charge in [-0.2, -0.15) is 0 Å². The van der Waals surface area contributed by atoms with Crippen LogP contribution in [-0.2, 0) is 0 Å². The number of aliphatic hydroxyl groups excluding tert-OH is 1. The fraction of sp³-hybridized carbons (Fsp3) is 0.333. The van der Waals surface area contributed by atoms with Crippen LogP contribution in [0, 0.1) is 0 Å². The van der Waals surface area contributed by atoms with E-state index in [2.05, 4.69) is 5.43 Å². The summed E-state index contributed by atoms with van der Waals surface area (Å²) in [5, 5.41) is 19.3. The van der Waals surface area contributed by atoms with E-state index < -0.39 is 12.0 Å². The van der Waals surface area contributed by atoms with E-state index in [1.807, 2.05) is 0 Å². The van der Waals surface area contributed by atoms with E-state index in [1.165, 1.54) is 34.2 Å². The Morgan fingerprint density at radius 3 is 2.21 bits per heavy atom. The lowest BCUT2D eigenvalue weighted by Gasteiger charge is -2.24. The summed E-state index contributed by atoms with van der Waals surface area (Å²) in [6, 6.07) is 5.46. The summed E-state index contributed by atoms with van der Waals surface area (Å²) >= 11 is 0. The van der Waals surface area contributed by atoms with Crippen molar-refractivity contribution in [2.75, 3.05) is 32.1 Å². The Hall–Kier alpha value is -2.12. The van der Waals surface area contributed by atoms with E-state index in [1.54, 1.807) is 14.1 Å². The van der Waals surface area contributed by atoms with Crippen molar-refractivity contribution in [3.05, 3.63) is 29.8 Å². The number of benzene rings is 1. The highest BCUT2D eigenvalue weighted by atomic mass is 16.4. The van der Waals surface area contributed by atoms with Crippen molar-refractivity contribution in [2.24, 2.45) is 0 Å². The minimum absolute atomic E-state index is 0.117. The third kappa shape index (κ3) is 4.23. The number of carboxylic acid groups (broad SMARTS) is 1. The van der Waals surface area contributed by atoms with E-state index in [0.29, 0.717) is 5.69 Å². The van der Waals surface area contributed by atoms with E-state index in [-0.39, 0.29) is 18.7 Å². The summed E-state index contributed by atoms with van der Waals surface area (Å²) in [6.45, 7) is -0.0758. The van der Waals surface area contributed by atoms with Gasteiger partial charge >= 0.3 is 12.0 Å². The van der Waals surface area contributed by atoms with Crippen molar-refractivity contribution in [3.8, 4) is 0 Å². The molecule has 0 heterocycles. The molecule has 3 N–H and O–H groups in total. The van der Waals surface area contributed by atoms with Crippen LogP contribution in [-0.4, -0.2) is 54.5 Å². The van der Waals surface area contributed by atoms with Crippen molar-refractivity contribution in [1.82, 2.24) is 10.4 Å². The number of amides is 2. The van der Waals surface area contributed by atoms with Gasteiger partial charge in [-0.05, 0) is 24.3 Å². The molecule has 19 heavy (non-hydrogen) atoms. The number of carboxylic acids is 1.